The second kappa shape index (κ2) is 6.43. The third-order valence-corrected chi connectivity index (χ3v) is 6.45. The molecule has 1 aliphatic heterocycles. The summed E-state index contributed by atoms with van der Waals surface area (Å²) in [6.45, 7) is 4.92. The Bertz CT molecular complexity index is 624. The van der Waals surface area contributed by atoms with Crippen molar-refractivity contribution >= 4 is 27.3 Å². The summed E-state index contributed by atoms with van der Waals surface area (Å²) in [5, 5.41) is 9.51. The molecule has 1 aromatic rings. The largest absolute Gasteiger partial charge is 0.378 e. The number of hydrogen-bond donors (Lipinski definition) is 2. The number of carbonyl (C=O) groups excluding carboxylic acids is 1. The van der Waals surface area contributed by atoms with Gasteiger partial charge in [-0.15, -0.1) is 11.3 Å². The van der Waals surface area contributed by atoms with Gasteiger partial charge in [0, 0.05) is 24.4 Å². The van der Waals surface area contributed by atoms with Gasteiger partial charge in [-0.2, -0.15) is 0 Å². The Morgan fingerprint density at radius 1 is 1.57 bits per heavy atom. The predicted octanol–water partition coefficient (Wildman–Crippen LogP) is 1.25. The first-order valence-electron chi connectivity index (χ1n) is 6.85. The number of rotatable bonds is 5. The van der Waals surface area contributed by atoms with Crippen LogP contribution >= 0.6 is 11.3 Å². The first-order chi connectivity index (χ1) is 9.84. The van der Waals surface area contributed by atoms with E-state index in [1.165, 1.54) is 5.38 Å². The summed E-state index contributed by atoms with van der Waals surface area (Å²) in [6.07, 6.45) is 2.05. The maximum Gasteiger partial charge on any atom is 0.252 e. The van der Waals surface area contributed by atoms with E-state index in [1.54, 1.807) is 6.92 Å². The van der Waals surface area contributed by atoms with Gasteiger partial charge >= 0.3 is 0 Å². The lowest BCUT2D eigenvalue weighted by Crippen LogP contribution is -2.32. The van der Waals surface area contributed by atoms with E-state index in [-0.39, 0.29) is 16.2 Å². The predicted molar refractivity (Wildman–Crippen MR) is 80.9 cm³/mol. The summed E-state index contributed by atoms with van der Waals surface area (Å²) in [5.41, 5.74) is 0.783. The highest BCUT2D eigenvalue weighted by Gasteiger charge is 2.27. The number of amides is 1. The van der Waals surface area contributed by atoms with Gasteiger partial charge in [0.05, 0.1) is 11.7 Å². The van der Waals surface area contributed by atoms with Crippen LogP contribution in [0.25, 0.3) is 0 Å². The van der Waals surface area contributed by atoms with Gasteiger partial charge in [-0.05, 0) is 25.3 Å². The van der Waals surface area contributed by atoms with Crippen molar-refractivity contribution in [1.29, 1.82) is 0 Å². The molecule has 0 aliphatic carbocycles. The Balaban J connectivity index is 2.03. The van der Waals surface area contributed by atoms with Crippen molar-refractivity contribution in [2.75, 3.05) is 13.2 Å². The quantitative estimate of drug-likeness (QED) is 0.847. The molecule has 0 saturated carbocycles. The van der Waals surface area contributed by atoms with Crippen molar-refractivity contribution in [3.8, 4) is 0 Å². The lowest BCUT2D eigenvalue weighted by Gasteiger charge is -2.17. The van der Waals surface area contributed by atoms with E-state index >= 15 is 0 Å². The zero-order valence-electron chi connectivity index (χ0n) is 12.1. The van der Waals surface area contributed by atoms with Crippen LogP contribution in [0.1, 0.15) is 35.7 Å². The normalized spacial score (nSPS) is 22.4. The van der Waals surface area contributed by atoms with Gasteiger partial charge in [-0.3, -0.25) is 4.79 Å². The molecule has 0 spiro atoms. The summed E-state index contributed by atoms with van der Waals surface area (Å²) in [5.74, 6) is 0.0519. The fraction of sp³-hybridized carbons (Fsp3) is 0.615. The molecular weight excluding hydrogens is 312 g/mol. The monoisotopic (exact) mass is 332 g/mol. The molecule has 8 heteroatoms. The SMILES string of the molecule is CCC1OCCC1CNC(=O)c1csc(S(N)(=O)=O)c1C. The minimum absolute atomic E-state index is 0.0447. The van der Waals surface area contributed by atoms with E-state index < -0.39 is 10.0 Å². The zero-order valence-corrected chi connectivity index (χ0v) is 13.7. The van der Waals surface area contributed by atoms with Gasteiger partial charge in [-0.1, -0.05) is 6.92 Å². The Morgan fingerprint density at radius 2 is 2.29 bits per heavy atom. The molecule has 2 heterocycles. The smallest absolute Gasteiger partial charge is 0.252 e. The molecule has 2 unspecified atom stereocenters. The van der Waals surface area contributed by atoms with Gasteiger partial charge in [0.25, 0.3) is 5.91 Å². The lowest BCUT2D eigenvalue weighted by atomic mass is 9.99. The van der Waals surface area contributed by atoms with Gasteiger partial charge in [0.2, 0.25) is 10.0 Å². The van der Waals surface area contributed by atoms with Crippen molar-refractivity contribution in [2.24, 2.45) is 11.1 Å². The molecule has 2 rings (SSSR count). The van der Waals surface area contributed by atoms with Crippen LogP contribution < -0.4 is 10.5 Å². The van der Waals surface area contributed by atoms with E-state index in [0.29, 0.717) is 23.6 Å². The molecule has 6 nitrogen and oxygen atoms in total. The van der Waals surface area contributed by atoms with E-state index in [9.17, 15) is 13.2 Å². The number of carbonyl (C=O) groups is 1. The lowest BCUT2D eigenvalue weighted by molar-refractivity contribution is 0.0827. The second-order valence-corrected chi connectivity index (χ2v) is 7.82. The molecule has 3 N–H and O–H groups in total. The molecule has 2 atom stereocenters. The van der Waals surface area contributed by atoms with E-state index in [2.05, 4.69) is 12.2 Å². The van der Waals surface area contributed by atoms with Crippen molar-refractivity contribution in [3.63, 3.8) is 0 Å². The molecule has 0 radical (unpaired) electrons. The molecule has 1 amide bonds. The van der Waals surface area contributed by atoms with Crippen molar-refractivity contribution < 1.29 is 17.9 Å². The highest BCUT2D eigenvalue weighted by atomic mass is 32.2. The minimum atomic E-state index is -3.77. The molecule has 1 fully saturated rings. The van der Waals surface area contributed by atoms with Crippen LogP contribution in [0.3, 0.4) is 0 Å². The first kappa shape index (κ1) is 16.4. The van der Waals surface area contributed by atoms with Gasteiger partial charge in [0.15, 0.2) is 0 Å². The van der Waals surface area contributed by atoms with Crippen LogP contribution in [-0.2, 0) is 14.8 Å². The molecule has 21 heavy (non-hydrogen) atoms. The first-order valence-corrected chi connectivity index (χ1v) is 9.27. The zero-order chi connectivity index (χ0) is 15.6. The molecular formula is C13H20N2O4S2. The number of sulfonamides is 1. The Kier molecular flexibility index (Phi) is 5.03. The summed E-state index contributed by atoms with van der Waals surface area (Å²) < 4.78 is 28.4. The summed E-state index contributed by atoms with van der Waals surface area (Å²) >= 11 is 0.976. The molecule has 0 aromatic carbocycles. The number of nitrogens with one attached hydrogen (secondary N) is 1. The Morgan fingerprint density at radius 3 is 2.86 bits per heavy atom. The number of nitrogens with two attached hydrogens (primary N) is 1. The minimum Gasteiger partial charge on any atom is -0.378 e. The van der Waals surface area contributed by atoms with Gasteiger partial charge in [-0.25, -0.2) is 13.6 Å². The molecule has 1 aromatic heterocycles. The highest BCUT2D eigenvalue weighted by Crippen LogP contribution is 2.26. The average molecular weight is 332 g/mol. The van der Waals surface area contributed by atoms with Crippen LogP contribution in [0.15, 0.2) is 9.59 Å². The number of ether oxygens (including phenoxy) is 1. The number of primary sulfonamides is 1. The number of hydrogen-bond acceptors (Lipinski definition) is 5. The van der Waals surface area contributed by atoms with E-state index in [1.807, 2.05) is 0 Å². The summed E-state index contributed by atoms with van der Waals surface area (Å²) in [4.78, 5) is 12.2. The Hall–Kier alpha value is -0.960. The number of thiophene rings is 1. The molecule has 0 bridgehead atoms. The average Bonchev–Trinajstić information content (AvgIpc) is 3.00. The van der Waals surface area contributed by atoms with Gasteiger partial charge in [0.1, 0.15) is 4.21 Å². The van der Waals surface area contributed by atoms with Crippen molar-refractivity contribution in [2.45, 2.75) is 37.0 Å². The van der Waals surface area contributed by atoms with Crippen LogP contribution in [0.4, 0.5) is 0 Å². The topological polar surface area (TPSA) is 98.5 Å². The van der Waals surface area contributed by atoms with E-state index in [4.69, 9.17) is 9.88 Å². The maximum atomic E-state index is 12.2. The van der Waals surface area contributed by atoms with Crippen molar-refractivity contribution in [1.82, 2.24) is 5.32 Å². The van der Waals surface area contributed by atoms with Crippen LogP contribution in [-0.4, -0.2) is 33.6 Å². The van der Waals surface area contributed by atoms with Crippen molar-refractivity contribution in [3.05, 3.63) is 16.5 Å². The fourth-order valence-corrected chi connectivity index (χ4v) is 4.61. The highest BCUT2D eigenvalue weighted by molar-refractivity contribution is 7.91. The summed E-state index contributed by atoms with van der Waals surface area (Å²) in [7, 11) is -3.77. The standard InChI is InChI=1S/C13H20N2O4S2/c1-3-11-9(4-5-19-11)6-15-12(16)10-7-20-13(8(10)2)21(14,17)18/h7,9,11H,3-6H2,1-2H3,(H,15,16)(H2,14,17,18). The fourth-order valence-electron chi connectivity index (χ4n) is 2.60. The molecule has 118 valence electrons. The van der Waals surface area contributed by atoms with Crippen LogP contribution in [0, 0.1) is 12.8 Å². The van der Waals surface area contributed by atoms with Gasteiger partial charge < -0.3 is 10.1 Å². The molecule has 1 aliphatic rings. The third-order valence-electron chi connectivity index (χ3n) is 3.77. The Labute approximate surface area is 128 Å². The third kappa shape index (κ3) is 3.63. The van der Waals surface area contributed by atoms with Crippen LogP contribution in [0.5, 0.6) is 0 Å². The summed E-state index contributed by atoms with van der Waals surface area (Å²) in [6, 6.07) is 0. The van der Waals surface area contributed by atoms with E-state index in [0.717, 1.165) is 30.8 Å². The second-order valence-electron chi connectivity index (χ2n) is 5.18. The molecule has 1 saturated heterocycles. The maximum absolute atomic E-state index is 12.2. The van der Waals surface area contributed by atoms with Crippen LogP contribution in [0.2, 0.25) is 0 Å².